The van der Waals surface area contributed by atoms with E-state index in [9.17, 15) is 0 Å². The van der Waals surface area contributed by atoms with Crippen LogP contribution in [0, 0.1) is 0 Å². The van der Waals surface area contributed by atoms with Gasteiger partial charge in [-0.25, -0.2) is 0 Å². The van der Waals surface area contributed by atoms with Crippen molar-refractivity contribution in [3.05, 3.63) is 72.4 Å². The van der Waals surface area contributed by atoms with E-state index in [0.29, 0.717) is 0 Å². The summed E-state index contributed by atoms with van der Waals surface area (Å²) in [6.07, 6.45) is 5.87. The van der Waals surface area contributed by atoms with Crippen LogP contribution in [0.1, 0.15) is 45.7 Å². The van der Waals surface area contributed by atoms with Crippen LogP contribution in [0.3, 0.4) is 0 Å². The molecule has 1 rings (SSSR count). The van der Waals surface area contributed by atoms with Crippen LogP contribution < -0.4 is 0 Å². The molecule has 0 aliphatic heterocycles. The molecule has 102 valence electrons. The summed E-state index contributed by atoms with van der Waals surface area (Å²) in [5.41, 5.74) is 6.06. The molecule has 0 aliphatic rings. The molecule has 19 heavy (non-hydrogen) atoms. The average Bonchev–Trinajstić information content (AvgIpc) is 2.41. The van der Waals surface area contributed by atoms with Crippen molar-refractivity contribution >= 4 is 11.1 Å². The molecule has 0 spiro atoms. The number of rotatable bonds is 4. The Labute approximate surface area is 118 Å². The van der Waals surface area contributed by atoms with Crippen LogP contribution in [0.15, 0.2) is 61.2 Å². The lowest BCUT2D eigenvalue weighted by atomic mass is 9.93. The van der Waals surface area contributed by atoms with Crippen molar-refractivity contribution in [2.45, 2.75) is 34.6 Å². The highest BCUT2D eigenvalue weighted by molar-refractivity contribution is 5.84. The molecule has 0 amide bonds. The van der Waals surface area contributed by atoms with Gasteiger partial charge in [0.15, 0.2) is 0 Å². The van der Waals surface area contributed by atoms with Gasteiger partial charge in [-0.2, -0.15) is 0 Å². The quantitative estimate of drug-likeness (QED) is 0.554. The third-order valence-corrected chi connectivity index (χ3v) is 2.61. The van der Waals surface area contributed by atoms with Crippen LogP contribution in [0.2, 0.25) is 0 Å². The summed E-state index contributed by atoms with van der Waals surface area (Å²) in [4.78, 5) is 0. The van der Waals surface area contributed by atoms with Gasteiger partial charge < -0.3 is 0 Å². The summed E-state index contributed by atoms with van der Waals surface area (Å²) in [7, 11) is 0. The molecule has 0 aliphatic carbocycles. The second-order valence-electron chi connectivity index (χ2n) is 4.33. The summed E-state index contributed by atoms with van der Waals surface area (Å²) in [6, 6.07) is 8.36. The van der Waals surface area contributed by atoms with Crippen molar-refractivity contribution in [1.29, 1.82) is 0 Å². The van der Waals surface area contributed by atoms with Crippen LogP contribution >= 0.6 is 0 Å². The van der Waals surface area contributed by atoms with Crippen molar-refractivity contribution in [1.82, 2.24) is 0 Å². The molecular formula is C19H26. The van der Waals surface area contributed by atoms with Gasteiger partial charge >= 0.3 is 0 Å². The molecule has 0 heterocycles. The van der Waals surface area contributed by atoms with Crippen LogP contribution in [-0.4, -0.2) is 0 Å². The maximum Gasteiger partial charge on any atom is -0.0110 e. The molecule has 0 saturated heterocycles. The molecule has 0 N–H and O–H groups in total. The molecule has 1 aromatic carbocycles. The van der Waals surface area contributed by atoms with Crippen LogP contribution in [-0.2, 0) is 0 Å². The Morgan fingerprint density at radius 2 is 1.53 bits per heavy atom. The highest BCUT2D eigenvalue weighted by Gasteiger charge is 2.06. The van der Waals surface area contributed by atoms with Gasteiger partial charge in [0, 0.05) is 0 Å². The molecule has 1 aromatic rings. The first-order valence-electron chi connectivity index (χ1n) is 6.79. The average molecular weight is 254 g/mol. The lowest BCUT2D eigenvalue weighted by molar-refractivity contribution is 1.38. The number of hydrogen-bond donors (Lipinski definition) is 0. The monoisotopic (exact) mass is 254 g/mol. The Bertz CT molecular complexity index is 481. The highest BCUT2D eigenvalue weighted by Crippen LogP contribution is 2.27. The smallest absolute Gasteiger partial charge is 0.0110 e. The molecule has 0 bridgehead atoms. The summed E-state index contributed by atoms with van der Waals surface area (Å²) in [5, 5.41) is 0. The molecule has 0 unspecified atom stereocenters. The number of hydrogen-bond acceptors (Lipinski definition) is 0. The Balaban J connectivity index is 0.00000154. The van der Waals surface area contributed by atoms with Gasteiger partial charge in [-0.05, 0) is 37.5 Å². The van der Waals surface area contributed by atoms with E-state index < -0.39 is 0 Å². The minimum absolute atomic E-state index is 1.09. The number of allylic oxidation sites excluding steroid dienone is 6. The van der Waals surface area contributed by atoms with Gasteiger partial charge in [0.05, 0.1) is 0 Å². The van der Waals surface area contributed by atoms with E-state index in [4.69, 9.17) is 0 Å². The minimum Gasteiger partial charge on any atom is -0.0991 e. The summed E-state index contributed by atoms with van der Waals surface area (Å²) in [5.74, 6) is 0. The van der Waals surface area contributed by atoms with Gasteiger partial charge in [0.25, 0.3) is 0 Å². The van der Waals surface area contributed by atoms with E-state index in [1.807, 2.05) is 32.9 Å². The van der Waals surface area contributed by atoms with E-state index in [-0.39, 0.29) is 0 Å². The van der Waals surface area contributed by atoms with Crippen molar-refractivity contribution < 1.29 is 0 Å². The topological polar surface area (TPSA) is 0 Å². The zero-order chi connectivity index (χ0) is 14.8. The standard InChI is InChI=1S/C17H20.C2H6/c1-6-7-10-15(13(2)3)17-12-9-8-11-16(17)14(4)5;1-2/h6-12H,1,4H2,2-3,5H3;1-2H3/b10-7-;. The largest absolute Gasteiger partial charge is 0.0991 e. The molecule has 0 aromatic heterocycles. The summed E-state index contributed by atoms with van der Waals surface area (Å²) < 4.78 is 0. The highest BCUT2D eigenvalue weighted by atomic mass is 14.1. The first kappa shape index (κ1) is 17.2. The molecule has 0 heteroatoms. The second kappa shape index (κ2) is 9.16. The van der Waals surface area contributed by atoms with E-state index in [2.05, 4.69) is 51.3 Å². The molecule has 0 fully saturated rings. The maximum atomic E-state index is 4.04. The third kappa shape index (κ3) is 5.13. The minimum atomic E-state index is 1.09. The van der Waals surface area contributed by atoms with Gasteiger partial charge in [-0.15, -0.1) is 0 Å². The van der Waals surface area contributed by atoms with Gasteiger partial charge in [-0.1, -0.05) is 80.6 Å². The molecule has 0 atom stereocenters. The Morgan fingerprint density at radius 3 is 1.95 bits per heavy atom. The fourth-order valence-corrected chi connectivity index (χ4v) is 1.78. The van der Waals surface area contributed by atoms with Crippen molar-refractivity contribution in [2.75, 3.05) is 0 Å². The fourth-order valence-electron chi connectivity index (χ4n) is 1.78. The van der Waals surface area contributed by atoms with Crippen LogP contribution in [0.5, 0.6) is 0 Å². The zero-order valence-electron chi connectivity index (χ0n) is 13.0. The van der Waals surface area contributed by atoms with Crippen LogP contribution in [0.25, 0.3) is 11.1 Å². The van der Waals surface area contributed by atoms with Crippen molar-refractivity contribution in [3.63, 3.8) is 0 Å². The summed E-state index contributed by atoms with van der Waals surface area (Å²) in [6.45, 7) is 18.0. The van der Waals surface area contributed by atoms with E-state index in [1.165, 1.54) is 22.3 Å². The first-order valence-corrected chi connectivity index (χ1v) is 6.79. The predicted molar refractivity (Wildman–Crippen MR) is 90.1 cm³/mol. The van der Waals surface area contributed by atoms with Gasteiger partial charge in [0.1, 0.15) is 0 Å². The maximum absolute atomic E-state index is 4.04. The predicted octanol–water partition coefficient (Wildman–Crippen LogP) is 6.28. The second-order valence-corrected chi connectivity index (χ2v) is 4.33. The summed E-state index contributed by atoms with van der Waals surface area (Å²) >= 11 is 0. The molecular weight excluding hydrogens is 228 g/mol. The van der Waals surface area contributed by atoms with Crippen LogP contribution in [0.4, 0.5) is 0 Å². The lowest BCUT2D eigenvalue weighted by Gasteiger charge is -2.12. The van der Waals surface area contributed by atoms with E-state index in [0.717, 1.165) is 5.57 Å². The third-order valence-electron chi connectivity index (χ3n) is 2.61. The van der Waals surface area contributed by atoms with Gasteiger partial charge in [0.2, 0.25) is 0 Å². The lowest BCUT2D eigenvalue weighted by Crippen LogP contribution is -1.91. The van der Waals surface area contributed by atoms with Crippen molar-refractivity contribution in [3.8, 4) is 0 Å². The Kier molecular flexibility index (Phi) is 8.28. The van der Waals surface area contributed by atoms with Gasteiger partial charge in [-0.3, -0.25) is 0 Å². The van der Waals surface area contributed by atoms with E-state index >= 15 is 0 Å². The normalized spacial score (nSPS) is 9.53. The number of benzene rings is 1. The first-order chi connectivity index (χ1) is 9.07. The SMILES string of the molecule is C=C/C=C\C(=C(C)C)c1ccccc1C(=C)C.CC. The molecule has 0 radical (unpaired) electrons. The van der Waals surface area contributed by atoms with E-state index in [1.54, 1.807) is 6.08 Å². The molecule has 0 nitrogen and oxygen atoms in total. The Hall–Kier alpha value is -1.82. The fraction of sp³-hybridized carbons (Fsp3) is 0.263. The zero-order valence-corrected chi connectivity index (χ0v) is 13.0. The molecule has 0 saturated carbocycles. The van der Waals surface area contributed by atoms with Crippen molar-refractivity contribution in [2.24, 2.45) is 0 Å². The Morgan fingerprint density at radius 1 is 1.00 bits per heavy atom.